The molecule has 1 aliphatic rings. The van der Waals surface area contributed by atoms with Crippen LogP contribution in [0.5, 0.6) is 0 Å². The molecule has 0 spiro atoms. The SMILES string of the molecule is Cc1cc(C)c(S(=O)(=O)N2CCOCC2)cc1CCl. The van der Waals surface area contributed by atoms with Crippen LogP contribution in [0, 0.1) is 13.8 Å². The zero-order chi connectivity index (χ0) is 14.0. The topological polar surface area (TPSA) is 46.6 Å². The van der Waals surface area contributed by atoms with Gasteiger partial charge in [-0.2, -0.15) is 4.31 Å². The van der Waals surface area contributed by atoms with Crippen molar-refractivity contribution in [3.8, 4) is 0 Å². The van der Waals surface area contributed by atoms with Crippen molar-refractivity contribution in [2.45, 2.75) is 24.6 Å². The predicted molar refractivity (Wildman–Crippen MR) is 75.1 cm³/mol. The third kappa shape index (κ3) is 2.94. The Balaban J connectivity index is 2.44. The van der Waals surface area contributed by atoms with Gasteiger partial charge in [-0.05, 0) is 36.6 Å². The number of hydrogen-bond acceptors (Lipinski definition) is 3. The first-order valence-electron chi connectivity index (χ1n) is 6.21. The standard InChI is InChI=1S/C13H18ClNO3S/c1-10-7-11(2)13(8-12(10)9-14)19(16,17)15-3-5-18-6-4-15/h7-8H,3-6,9H2,1-2H3. The third-order valence-corrected chi connectivity index (χ3v) is 5.69. The Labute approximate surface area is 119 Å². The van der Waals surface area contributed by atoms with Gasteiger partial charge >= 0.3 is 0 Å². The quantitative estimate of drug-likeness (QED) is 0.803. The predicted octanol–water partition coefficient (Wildman–Crippen LogP) is 2.06. The molecule has 0 radical (unpaired) electrons. The van der Waals surface area contributed by atoms with Crippen LogP contribution in [-0.2, 0) is 20.6 Å². The molecule has 0 bridgehead atoms. The summed E-state index contributed by atoms with van der Waals surface area (Å²) in [5.74, 6) is 0.317. The zero-order valence-corrected chi connectivity index (χ0v) is 12.7. The second kappa shape index (κ2) is 5.79. The first-order chi connectivity index (χ1) is 8.96. The van der Waals surface area contributed by atoms with Crippen molar-refractivity contribution >= 4 is 21.6 Å². The third-order valence-electron chi connectivity index (χ3n) is 3.37. The summed E-state index contributed by atoms with van der Waals surface area (Å²) >= 11 is 5.86. The molecular weight excluding hydrogens is 286 g/mol. The van der Waals surface area contributed by atoms with Crippen molar-refractivity contribution in [1.29, 1.82) is 0 Å². The summed E-state index contributed by atoms with van der Waals surface area (Å²) in [7, 11) is -3.45. The molecular formula is C13H18ClNO3S. The molecule has 19 heavy (non-hydrogen) atoms. The number of sulfonamides is 1. The lowest BCUT2D eigenvalue weighted by molar-refractivity contribution is 0.0730. The molecule has 1 saturated heterocycles. The molecule has 1 aromatic rings. The number of ether oxygens (including phenoxy) is 1. The van der Waals surface area contributed by atoms with Crippen LogP contribution in [0.3, 0.4) is 0 Å². The van der Waals surface area contributed by atoms with Crippen molar-refractivity contribution in [1.82, 2.24) is 4.31 Å². The van der Waals surface area contributed by atoms with Gasteiger partial charge in [0.05, 0.1) is 18.1 Å². The fourth-order valence-electron chi connectivity index (χ4n) is 2.22. The van der Waals surface area contributed by atoms with Gasteiger partial charge in [-0.25, -0.2) is 8.42 Å². The minimum atomic E-state index is -3.45. The lowest BCUT2D eigenvalue weighted by atomic mass is 10.1. The number of aryl methyl sites for hydroxylation is 2. The molecule has 2 rings (SSSR count). The highest BCUT2D eigenvalue weighted by molar-refractivity contribution is 7.89. The van der Waals surface area contributed by atoms with Gasteiger partial charge in [0, 0.05) is 19.0 Å². The van der Waals surface area contributed by atoms with E-state index in [0.29, 0.717) is 37.1 Å². The molecule has 0 aromatic heterocycles. The maximum Gasteiger partial charge on any atom is 0.243 e. The van der Waals surface area contributed by atoms with E-state index in [-0.39, 0.29) is 0 Å². The Morgan fingerprint density at radius 3 is 2.42 bits per heavy atom. The highest BCUT2D eigenvalue weighted by Crippen LogP contribution is 2.25. The van der Waals surface area contributed by atoms with E-state index in [1.54, 1.807) is 6.07 Å². The van der Waals surface area contributed by atoms with Gasteiger partial charge in [0.15, 0.2) is 0 Å². The molecule has 0 aliphatic carbocycles. The number of halogens is 1. The lowest BCUT2D eigenvalue weighted by Gasteiger charge is -2.27. The minimum absolute atomic E-state index is 0.317. The number of alkyl halides is 1. The number of hydrogen-bond donors (Lipinski definition) is 0. The maximum absolute atomic E-state index is 12.6. The van der Waals surface area contributed by atoms with E-state index >= 15 is 0 Å². The Morgan fingerprint density at radius 1 is 1.21 bits per heavy atom. The van der Waals surface area contributed by atoms with E-state index in [9.17, 15) is 8.42 Å². The van der Waals surface area contributed by atoms with Gasteiger partial charge in [-0.15, -0.1) is 11.6 Å². The van der Waals surface area contributed by atoms with Crippen LogP contribution in [0.2, 0.25) is 0 Å². The summed E-state index contributed by atoms with van der Waals surface area (Å²) in [4.78, 5) is 0.357. The highest BCUT2D eigenvalue weighted by Gasteiger charge is 2.28. The van der Waals surface area contributed by atoms with Crippen LogP contribution in [0.1, 0.15) is 16.7 Å². The summed E-state index contributed by atoms with van der Waals surface area (Å²) in [6.07, 6.45) is 0. The Morgan fingerprint density at radius 2 is 1.84 bits per heavy atom. The molecule has 6 heteroatoms. The molecule has 0 amide bonds. The van der Waals surface area contributed by atoms with Gasteiger partial charge in [0.1, 0.15) is 0 Å². The molecule has 0 unspecified atom stereocenters. The second-order valence-electron chi connectivity index (χ2n) is 4.69. The number of nitrogens with zero attached hydrogens (tertiary/aromatic N) is 1. The second-order valence-corrected chi connectivity index (χ2v) is 6.87. The summed E-state index contributed by atoms with van der Waals surface area (Å²) < 4.78 is 31.9. The fraction of sp³-hybridized carbons (Fsp3) is 0.538. The summed E-state index contributed by atoms with van der Waals surface area (Å²) in [6, 6.07) is 3.58. The molecule has 0 atom stereocenters. The van der Waals surface area contributed by atoms with Gasteiger partial charge in [-0.3, -0.25) is 0 Å². The number of benzene rings is 1. The number of morpholine rings is 1. The van der Waals surface area contributed by atoms with Gasteiger partial charge in [-0.1, -0.05) is 6.07 Å². The first-order valence-corrected chi connectivity index (χ1v) is 8.18. The van der Waals surface area contributed by atoms with Crippen molar-refractivity contribution in [2.75, 3.05) is 26.3 Å². The molecule has 0 saturated carbocycles. The smallest absolute Gasteiger partial charge is 0.243 e. The zero-order valence-electron chi connectivity index (χ0n) is 11.1. The van der Waals surface area contributed by atoms with Crippen LogP contribution in [0.15, 0.2) is 17.0 Å². The van der Waals surface area contributed by atoms with Crippen molar-refractivity contribution in [3.63, 3.8) is 0 Å². The lowest BCUT2D eigenvalue weighted by Crippen LogP contribution is -2.40. The summed E-state index contributed by atoms with van der Waals surface area (Å²) in [5.41, 5.74) is 2.64. The van der Waals surface area contributed by atoms with Gasteiger partial charge in [0.25, 0.3) is 0 Å². The Kier molecular flexibility index (Phi) is 4.50. The molecule has 1 aliphatic heterocycles. The minimum Gasteiger partial charge on any atom is -0.379 e. The fourth-order valence-corrected chi connectivity index (χ4v) is 4.18. The van der Waals surface area contributed by atoms with E-state index in [1.807, 2.05) is 19.9 Å². The van der Waals surface area contributed by atoms with Crippen molar-refractivity contribution in [3.05, 3.63) is 28.8 Å². The van der Waals surface area contributed by atoms with Crippen LogP contribution in [-0.4, -0.2) is 39.0 Å². The maximum atomic E-state index is 12.6. The normalized spacial score (nSPS) is 17.6. The highest BCUT2D eigenvalue weighted by atomic mass is 35.5. The van der Waals surface area contributed by atoms with E-state index < -0.39 is 10.0 Å². The van der Waals surface area contributed by atoms with E-state index in [1.165, 1.54) is 4.31 Å². The molecule has 106 valence electrons. The Hall–Kier alpha value is -0.620. The largest absolute Gasteiger partial charge is 0.379 e. The van der Waals surface area contributed by atoms with Crippen LogP contribution < -0.4 is 0 Å². The summed E-state index contributed by atoms with van der Waals surface area (Å²) in [6.45, 7) is 5.48. The average Bonchev–Trinajstić information content (AvgIpc) is 2.39. The molecule has 0 N–H and O–H groups in total. The average molecular weight is 304 g/mol. The number of rotatable bonds is 3. The monoisotopic (exact) mass is 303 g/mol. The molecule has 1 fully saturated rings. The molecule has 4 nitrogen and oxygen atoms in total. The van der Waals surface area contributed by atoms with E-state index in [0.717, 1.165) is 16.7 Å². The summed E-state index contributed by atoms with van der Waals surface area (Å²) in [5, 5.41) is 0. The van der Waals surface area contributed by atoms with E-state index in [2.05, 4.69) is 0 Å². The first kappa shape index (κ1) is 14.8. The molecule has 1 aromatic carbocycles. The van der Waals surface area contributed by atoms with Gasteiger partial charge < -0.3 is 4.74 Å². The molecule has 1 heterocycles. The Bertz CT molecular complexity index is 565. The van der Waals surface area contributed by atoms with E-state index in [4.69, 9.17) is 16.3 Å². The van der Waals surface area contributed by atoms with Crippen molar-refractivity contribution < 1.29 is 13.2 Å². The van der Waals surface area contributed by atoms with Crippen LogP contribution in [0.4, 0.5) is 0 Å². The van der Waals surface area contributed by atoms with Crippen LogP contribution >= 0.6 is 11.6 Å². The van der Waals surface area contributed by atoms with Gasteiger partial charge in [0.2, 0.25) is 10.0 Å². The van der Waals surface area contributed by atoms with Crippen molar-refractivity contribution in [2.24, 2.45) is 0 Å². The van der Waals surface area contributed by atoms with Crippen LogP contribution in [0.25, 0.3) is 0 Å².